The van der Waals surface area contributed by atoms with Crippen molar-refractivity contribution in [3.8, 4) is 17.2 Å². The van der Waals surface area contributed by atoms with E-state index in [1.807, 2.05) is 43.5 Å². The molecule has 0 saturated carbocycles. The first kappa shape index (κ1) is 15.3. The fraction of sp³-hybridized carbons (Fsp3) is 0.353. The van der Waals surface area contributed by atoms with Crippen molar-refractivity contribution in [2.75, 3.05) is 13.7 Å². The lowest BCUT2D eigenvalue weighted by Crippen LogP contribution is -2.14. The molecule has 1 heterocycles. The molecule has 2 rings (SSSR count). The summed E-state index contributed by atoms with van der Waals surface area (Å²) in [4.78, 5) is 4.35. The zero-order chi connectivity index (χ0) is 15.1. The second kappa shape index (κ2) is 7.64. The van der Waals surface area contributed by atoms with Crippen molar-refractivity contribution in [2.45, 2.75) is 26.8 Å². The fourth-order valence-corrected chi connectivity index (χ4v) is 1.96. The fourth-order valence-electron chi connectivity index (χ4n) is 1.96. The molecule has 0 amide bonds. The average Bonchev–Trinajstić information content (AvgIpc) is 2.50. The van der Waals surface area contributed by atoms with Crippen molar-refractivity contribution in [3.05, 3.63) is 47.8 Å². The Bertz CT molecular complexity index is 568. The number of aromatic nitrogens is 1. The molecule has 1 aromatic carbocycles. The van der Waals surface area contributed by atoms with Gasteiger partial charge in [-0.3, -0.25) is 4.98 Å². The first-order chi connectivity index (χ1) is 10.2. The van der Waals surface area contributed by atoms with Crippen LogP contribution in [0.1, 0.15) is 24.6 Å². The van der Waals surface area contributed by atoms with Gasteiger partial charge in [0, 0.05) is 30.1 Å². The highest BCUT2D eigenvalue weighted by Gasteiger charge is 2.06. The molecule has 0 aliphatic carbocycles. The number of nitrogens with zero attached hydrogens (tertiary/aromatic N) is 1. The van der Waals surface area contributed by atoms with E-state index < -0.39 is 0 Å². The third kappa shape index (κ3) is 4.46. The van der Waals surface area contributed by atoms with Crippen LogP contribution in [0.25, 0.3) is 0 Å². The molecule has 4 nitrogen and oxygen atoms in total. The van der Waals surface area contributed by atoms with E-state index in [4.69, 9.17) is 9.47 Å². The first-order valence-electron chi connectivity index (χ1n) is 7.21. The van der Waals surface area contributed by atoms with E-state index in [9.17, 15) is 0 Å². The van der Waals surface area contributed by atoms with Gasteiger partial charge >= 0.3 is 0 Å². The minimum Gasteiger partial charge on any atom is -0.497 e. The van der Waals surface area contributed by atoms with Crippen LogP contribution in [-0.4, -0.2) is 18.6 Å². The van der Waals surface area contributed by atoms with E-state index in [0.29, 0.717) is 0 Å². The Labute approximate surface area is 126 Å². The molecule has 0 spiro atoms. The lowest BCUT2D eigenvalue weighted by Gasteiger charge is -2.12. The van der Waals surface area contributed by atoms with Gasteiger partial charge in [0.25, 0.3) is 0 Å². The van der Waals surface area contributed by atoms with Crippen molar-refractivity contribution < 1.29 is 9.47 Å². The molecule has 112 valence electrons. The largest absolute Gasteiger partial charge is 0.497 e. The van der Waals surface area contributed by atoms with Gasteiger partial charge in [-0.05, 0) is 44.2 Å². The topological polar surface area (TPSA) is 43.4 Å². The summed E-state index contributed by atoms with van der Waals surface area (Å²) >= 11 is 0. The Balaban J connectivity index is 2.14. The average molecular weight is 286 g/mol. The smallest absolute Gasteiger partial charge is 0.135 e. The summed E-state index contributed by atoms with van der Waals surface area (Å²) in [5.74, 6) is 2.45. The van der Waals surface area contributed by atoms with Crippen molar-refractivity contribution in [2.24, 2.45) is 0 Å². The van der Waals surface area contributed by atoms with Crippen LogP contribution in [0.4, 0.5) is 0 Å². The van der Waals surface area contributed by atoms with Crippen LogP contribution in [0.5, 0.6) is 17.2 Å². The van der Waals surface area contributed by atoms with E-state index in [2.05, 4.69) is 17.2 Å². The minimum absolute atomic E-state index is 0.757. The summed E-state index contributed by atoms with van der Waals surface area (Å²) < 4.78 is 11.1. The molecular weight excluding hydrogens is 264 g/mol. The second-order valence-corrected chi connectivity index (χ2v) is 4.89. The van der Waals surface area contributed by atoms with E-state index in [0.717, 1.165) is 48.0 Å². The van der Waals surface area contributed by atoms with E-state index in [1.54, 1.807) is 7.11 Å². The minimum atomic E-state index is 0.757. The molecule has 1 N–H and O–H groups in total. The van der Waals surface area contributed by atoms with Gasteiger partial charge in [0.2, 0.25) is 0 Å². The number of benzene rings is 1. The number of hydrogen-bond acceptors (Lipinski definition) is 4. The SMILES string of the molecule is CCCNCc1cnc(C)cc1Oc1ccc(OC)cc1. The van der Waals surface area contributed by atoms with Crippen LogP contribution in [0.3, 0.4) is 0 Å². The van der Waals surface area contributed by atoms with Gasteiger partial charge in [-0.2, -0.15) is 0 Å². The van der Waals surface area contributed by atoms with Crippen molar-refractivity contribution in [1.29, 1.82) is 0 Å². The molecule has 21 heavy (non-hydrogen) atoms. The predicted octanol–water partition coefficient (Wildman–Crippen LogP) is 3.69. The Morgan fingerprint density at radius 3 is 2.52 bits per heavy atom. The van der Waals surface area contributed by atoms with Crippen molar-refractivity contribution >= 4 is 0 Å². The van der Waals surface area contributed by atoms with Crippen LogP contribution in [0, 0.1) is 6.92 Å². The van der Waals surface area contributed by atoms with Gasteiger partial charge in [0.15, 0.2) is 0 Å². The van der Waals surface area contributed by atoms with Crippen LogP contribution < -0.4 is 14.8 Å². The molecule has 0 fully saturated rings. The zero-order valence-corrected chi connectivity index (χ0v) is 12.8. The maximum atomic E-state index is 5.98. The van der Waals surface area contributed by atoms with Crippen LogP contribution in [0.15, 0.2) is 36.5 Å². The number of aryl methyl sites for hydroxylation is 1. The summed E-state index contributed by atoms with van der Waals surface area (Å²) in [6.07, 6.45) is 2.98. The Kier molecular flexibility index (Phi) is 5.58. The highest BCUT2D eigenvalue weighted by molar-refractivity contribution is 5.39. The number of methoxy groups -OCH3 is 1. The monoisotopic (exact) mass is 286 g/mol. The molecule has 0 radical (unpaired) electrons. The number of nitrogens with one attached hydrogen (secondary N) is 1. The zero-order valence-electron chi connectivity index (χ0n) is 12.8. The number of hydrogen-bond donors (Lipinski definition) is 1. The highest BCUT2D eigenvalue weighted by atomic mass is 16.5. The number of ether oxygens (including phenoxy) is 2. The Morgan fingerprint density at radius 2 is 1.86 bits per heavy atom. The van der Waals surface area contributed by atoms with Gasteiger partial charge in [0.1, 0.15) is 17.2 Å². The molecule has 0 bridgehead atoms. The summed E-state index contributed by atoms with van der Waals surface area (Å²) in [6.45, 7) is 5.85. The molecule has 1 aromatic heterocycles. The van der Waals surface area contributed by atoms with Crippen LogP contribution >= 0.6 is 0 Å². The van der Waals surface area contributed by atoms with Crippen molar-refractivity contribution in [1.82, 2.24) is 10.3 Å². The van der Waals surface area contributed by atoms with Crippen LogP contribution in [-0.2, 0) is 6.54 Å². The Morgan fingerprint density at radius 1 is 1.14 bits per heavy atom. The summed E-state index contributed by atoms with van der Waals surface area (Å²) in [5, 5.41) is 3.38. The summed E-state index contributed by atoms with van der Waals surface area (Å²) in [7, 11) is 1.65. The van der Waals surface area contributed by atoms with E-state index in [1.165, 1.54) is 0 Å². The maximum Gasteiger partial charge on any atom is 0.135 e. The standard InChI is InChI=1S/C17H22N2O2/c1-4-9-18-11-14-12-19-13(2)10-17(14)21-16-7-5-15(20-3)6-8-16/h5-8,10,12,18H,4,9,11H2,1-3H3. The van der Waals surface area contributed by atoms with Gasteiger partial charge in [-0.25, -0.2) is 0 Å². The van der Waals surface area contributed by atoms with Crippen molar-refractivity contribution in [3.63, 3.8) is 0 Å². The normalized spacial score (nSPS) is 10.4. The molecule has 2 aromatic rings. The molecular formula is C17H22N2O2. The quantitative estimate of drug-likeness (QED) is 0.788. The summed E-state index contributed by atoms with van der Waals surface area (Å²) in [5.41, 5.74) is 2.00. The van der Waals surface area contributed by atoms with E-state index in [-0.39, 0.29) is 0 Å². The predicted molar refractivity (Wildman–Crippen MR) is 84.0 cm³/mol. The molecule has 0 aliphatic heterocycles. The van der Waals surface area contributed by atoms with Gasteiger partial charge in [-0.15, -0.1) is 0 Å². The highest BCUT2D eigenvalue weighted by Crippen LogP contribution is 2.27. The molecule has 0 unspecified atom stereocenters. The lowest BCUT2D eigenvalue weighted by molar-refractivity contribution is 0.412. The molecule has 4 heteroatoms. The maximum absolute atomic E-state index is 5.98. The molecule has 0 atom stereocenters. The number of pyridine rings is 1. The van der Waals surface area contributed by atoms with Crippen LogP contribution in [0.2, 0.25) is 0 Å². The first-order valence-corrected chi connectivity index (χ1v) is 7.21. The lowest BCUT2D eigenvalue weighted by atomic mass is 10.2. The third-order valence-electron chi connectivity index (χ3n) is 3.11. The number of rotatable bonds is 7. The van der Waals surface area contributed by atoms with E-state index >= 15 is 0 Å². The molecule has 0 saturated heterocycles. The van der Waals surface area contributed by atoms with Gasteiger partial charge < -0.3 is 14.8 Å². The Hall–Kier alpha value is -2.07. The second-order valence-electron chi connectivity index (χ2n) is 4.89. The van der Waals surface area contributed by atoms with Gasteiger partial charge in [0.05, 0.1) is 7.11 Å². The van der Waals surface area contributed by atoms with Gasteiger partial charge in [-0.1, -0.05) is 6.92 Å². The summed E-state index contributed by atoms with van der Waals surface area (Å²) in [6, 6.07) is 9.54. The molecule has 0 aliphatic rings. The third-order valence-corrected chi connectivity index (χ3v) is 3.11.